The molecule has 0 radical (unpaired) electrons. The molecule has 0 N–H and O–H groups in total. The van der Waals surface area contributed by atoms with E-state index in [0.29, 0.717) is 11.2 Å². The normalized spacial score (nSPS) is 27.7. The summed E-state index contributed by atoms with van der Waals surface area (Å²) in [5.41, 5.74) is 2.22. The molecule has 0 spiro atoms. The van der Waals surface area contributed by atoms with Gasteiger partial charge in [0, 0.05) is 25.2 Å². The highest BCUT2D eigenvalue weighted by Gasteiger charge is 2.35. The first kappa shape index (κ1) is 13.1. The van der Waals surface area contributed by atoms with Gasteiger partial charge in [-0.25, -0.2) is 0 Å². The van der Waals surface area contributed by atoms with E-state index < -0.39 is 0 Å². The van der Waals surface area contributed by atoms with E-state index in [-0.39, 0.29) is 0 Å². The zero-order chi connectivity index (χ0) is 13.6. The number of aromatic nitrogens is 2. The van der Waals surface area contributed by atoms with E-state index in [1.54, 1.807) is 0 Å². The summed E-state index contributed by atoms with van der Waals surface area (Å²) in [6.07, 6.45) is 3.87. The molecule has 2 unspecified atom stereocenters. The summed E-state index contributed by atoms with van der Waals surface area (Å²) in [7, 11) is 2.26. The van der Waals surface area contributed by atoms with Gasteiger partial charge in [0.15, 0.2) is 11.0 Å². The first-order valence-electron chi connectivity index (χ1n) is 7.04. The minimum Gasteiger partial charge on any atom is -0.353 e. The van der Waals surface area contributed by atoms with Crippen molar-refractivity contribution in [2.75, 3.05) is 25.0 Å². The van der Waals surface area contributed by atoms with Gasteiger partial charge >= 0.3 is 0 Å². The van der Waals surface area contributed by atoms with Crippen LogP contribution in [0.1, 0.15) is 30.4 Å². The lowest BCUT2D eigenvalue weighted by molar-refractivity contribution is 0.254. The third-order valence-electron chi connectivity index (χ3n) is 4.89. The van der Waals surface area contributed by atoms with Gasteiger partial charge in [-0.05, 0) is 51.3 Å². The maximum absolute atomic E-state index is 6.04. The van der Waals surface area contributed by atoms with Crippen LogP contribution < -0.4 is 4.90 Å². The summed E-state index contributed by atoms with van der Waals surface area (Å²) in [5, 5.41) is 8.95. The molecule has 2 fully saturated rings. The molecule has 0 aromatic carbocycles. The Morgan fingerprint density at radius 1 is 1.05 bits per heavy atom. The molecule has 0 amide bonds. The molecule has 1 aromatic heterocycles. The van der Waals surface area contributed by atoms with Gasteiger partial charge in [0.05, 0.1) is 0 Å². The fraction of sp³-hybridized carbons (Fsp3) is 0.714. The Balaban J connectivity index is 1.89. The predicted molar refractivity (Wildman–Crippen MR) is 77.9 cm³/mol. The standard InChI is InChI=1S/C14H21ClN4/c1-9-10(2)14(17-16-13(9)15)19-7-6-11-4-5-12(8-19)18(11)3/h11-12H,4-8H2,1-3H3. The van der Waals surface area contributed by atoms with Crippen molar-refractivity contribution in [2.45, 2.75) is 45.2 Å². The van der Waals surface area contributed by atoms with E-state index >= 15 is 0 Å². The Hall–Kier alpha value is -0.870. The van der Waals surface area contributed by atoms with Crippen LogP contribution in [0.15, 0.2) is 0 Å². The van der Waals surface area contributed by atoms with Gasteiger partial charge in [-0.3, -0.25) is 4.90 Å². The third kappa shape index (κ3) is 2.21. The molecule has 2 bridgehead atoms. The Bertz CT molecular complexity index is 491. The van der Waals surface area contributed by atoms with E-state index in [4.69, 9.17) is 11.6 Å². The Morgan fingerprint density at radius 3 is 2.58 bits per heavy atom. The molecule has 3 heterocycles. The number of fused-ring (bicyclic) bond motifs is 2. The highest BCUT2D eigenvalue weighted by atomic mass is 35.5. The first-order chi connectivity index (χ1) is 9.08. The first-order valence-corrected chi connectivity index (χ1v) is 7.42. The summed E-state index contributed by atoms with van der Waals surface area (Å²) in [6.45, 7) is 6.25. The van der Waals surface area contributed by atoms with E-state index in [0.717, 1.165) is 30.5 Å². The maximum Gasteiger partial charge on any atom is 0.155 e. The molecule has 19 heavy (non-hydrogen) atoms. The lowest BCUT2D eigenvalue weighted by atomic mass is 10.1. The van der Waals surface area contributed by atoms with Gasteiger partial charge in [0.2, 0.25) is 0 Å². The van der Waals surface area contributed by atoms with Crippen LogP contribution >= 0.6 is 11.6 Å². The average molecular weight is 281 g/mol. The van der Waals surface area contributed by atoms with Crippen LogP contribution in [0.25, 0.3) is 0 Å². The van der Waals surface area contributed by atoms with E-state index in [9.17, 15) is 0 Å². The summed E-state index contributed by atoms with van der Waals surface area (Å²) in [4.78, 5) is 4.94. The highest BCUT2D eigenvalue weighted by Crippen LogP contribution is 2.32. The molecule has 3 rings (SSSR count). The van der Waals surface area contributed by atoms with Gasteiger partial charge in [0.25, 0.3) is 0 Å². The van der Waals surface area contributed by atoms with Crippen molar-refractivity contribution >= 4 is 17.4 Å². The zero-order valence-electron chi connectivity index (χ0n) is 11.9. The number of rotatable bonds is 1. The smallest absolute Gasteiger partial charge is 0.155 e. The largest absolute Gasteiger partial charge is 0.353 e. The van der Waals surface area contributed by atoms with Crippen molar-refractivity contribution in [3.05, 3.63) is 16.3 Å². The second kappa shape index (κ2) is 4.91. The van der Waals surface area contributed by atoms with Crippen molar-refractivity contribution in [1.29, 1.82) is 0 Å². The van der Waals surface area contributed by atoms with Crippen molar-refractivity contribution < 1.29 is 0 Å². The molecule has 0 saturated carbocycles. The van der Waals surface area contributed by atoms with E-state index in [1.807, 2.05) is 6.92 Å². The lowest BCUT2D eigenvalue weighted by Gasteiger charge is -2.27. The number of hydrogen-bond acceptors (Lipinski definition) is 4. The lowest BCUT2D eigenvalue weighted by Crippen LogP contribution is -2.37. The van der Waals surface area contributed by atoms with Gasteiger partial charge in [0.1, 0.15) is 0 Å². The Kier molecular flexibility index (Phi) is 3.39. The second-order valence-electron chi connectivity index (χ2n) is 5.85. The number of hydrogen-bond donors (Lipinski definition) is 0. The minimum atomic E-state index is 0.523. The van der Waals surface area contributed by atoms with Crippen LogP contribution in [-0.4, -0.2) is 47.3 Å². The molecular weight excluding hydrogens is 260 g/mol. The fourth-order valence-electron chi connectivity index (χ4n) is 3.37. The van der Waals surface area contributed by atoms with Crippen LogP contribution in [0.4, 0.5) is 5.82 Å². The highest BCUT2D eigenvalue weighted by molar-refractivity contribution is 6.30. The van der Waals surface area contributed by atoms with Crippen molar-refractivity contribution in [1.82, 2.24) is 15.1 Å². The summed E-state index contributed by atoms with van der Waals surface area (Å²) in [6, 6.07) is 1.40. The maximum atomic E-state index is 6.04. The topological polar surface area (TPSA) is 32.3 Å². The monoisotopic (exact) mass is 280 g/mol. The molecule has 2 atom stereocenters. The summed E-state index contributed by atoms with van der Waals surface area (Å²) < 4.78 is 0. The van der Waals surface area contributed by atoms with Gasteiger partial charge in [-0.2, -0.15) is 0 Å². The molecule has 2 aliphatic rings. The van der Waals surface area contributed by atoms with Crippen LogP contribution in [0.5, 0.6) is 0 Å². The molecule has 104 valence electrons. The van der Waals surface area contributed by atoms with Gasteiger partial charge in [-0.15, -0.1) is 10.2 Å². The molecule has 5 heteroatoms. The second-order valence-corrected chi connectivity index (χ2v) is 6.21. The Morgan fingerprint density at radius 2 is 1.79 bits per heavy atom. The minimum absolute atomic E-state index is 0.523. The third-order valence-corrected chi connectivity index (χ3v) is 5.25. The number of nitrogens with zero attached hydrogens (tertiary/aromatic N) is 4. The quantitative estimate of drug-likeness (QED) is 0.791. The molecule has 2 saturated heterocycles. The van der Waals surface area contributed by atoms with Gasteiger partial charge < -0.3 is 4.90 Å². The molecule has 4 nitrogen and oxygen atoms in total. The molecular formula is C14H21ClN4. The zero-order valence-corrected chi connectivity index (χ0v) is 12.6. The SMILES string of the molecule is Cc1c(Cl)nnc(N2CCC3CCC(C2)N3C)c1C. The van der Waals surface area contributed by atoms with Crippen LogP contribution in [0.2, 0.25) is 5.15 Å². The predicted octanol–water partition coefficient (Wildman–Crippen LogP) is 2.42. The van der Waals surface area contributed by atoms with Gasteiger partial charge in [-0.1, -0.05) is 11.6 Å². The number of anilines is 1. The molecule has 1 aromatic rings. The number of halogens is 1. The van der Waals surface area contributed by atoms with Crippen LogP contribution in [0, 0.1) is 13.8 Å². The average Bonchev–Trinajstić information content (AvgIpc) is 2.62. The van der Waals surface area contributed by atoms with E-state index in [1.165, 1.54) is 24.8 Å². The molecule has 2 aliphatic heterocycles. The van der Waals surface area contributed by atoms with Crippen molar-refractivity contribution in [3.8, 4) is 0 Å². The van der Waals surface area contributed by atoms with Crippen LogP contribution in [0.3, 0.4) is 0 Å². The van der Waals surface area contributed by atoms with E-state index in [2.05, 4.69) is 34.0 Å². The fourth-order valence-corrected chi connectivity index (χ4v) is 3.54. The molecule has 0 aliphatic carbocycles. The van der Waals surface area contributed by atoms with Crippen molar-refractivity contribution in [3.63, 3.8) is 0 Å². The summed E-state index contributed by atoms with van der Waals surface area (Å²) in [5.74, 6) is 1.02. The van der Waals surface area contributed by atoms with Crippen LogP contribution in [-0.2, 0) is 0 Å². The summed E-state index contributed by atoms with van der Waals surface area (Å²) >= 11 is 6.04. The number of likely N-dealkylation sites (N-methyl/N-ethyl adjacent to an activating group) is 1. The Labute approximate surface area is 119 Å². The van der Waals surface area contributed by atoms with Crippen molar-refractivity contribution in [2.24, 2.45) is 0 Å².